The second-order valence-corrected chi connectivity index (χ2v) is 6.30. The van der Waals surface area contributed by atoms with Gasteiger partial charge < -0.3 is 10.1 Å². The third-order valence-electron chi connectivity index (χ3n) is 4.25. The maximum absolute atomic E-state index is 12.2. The van der Waals surface area contributed by atoms with E-state index in [9.17, 15) is 4.79 Å². The van der Waals surface area contributed by atoms with Gasteiger partial charge in [-0.1, -0.05) is 29.8 Å². The SMILES string of the molecule is COc1ccc(Cl)cc1CNC(=O)Cc1ccc2c(c1)CCC2. The lowest BCUT2D eigenvalue weighted by molar-refractivity contribution is -0.120. The number of hydrogen-bond acceptors (Lipinski definition) is 2. The highest BCUT2D eigenvalue weighted by atomic mass is 35.5. The molecule has 1 aliphatic rings. The van der Waals surface area contributed by atoms with Gasteiger partial charge in [-0.25, -0.2) is 0 Å². The van der Waals surface area contributed by atoms with Gasteiger partial charge in [-0.2, -0.15) is 0 Å². The number of rotatable bonds is 5. The second-order valence-electron chi connectivity index (χ2n) is 5.87. The topological polar surface area (TPSA) is 38.3 Å². The van der Waals surface area contributed by atoms with Crippen LogP contribution in [-0.4, -0.2) is 13.0 Å². The first-order valence-electron chi connectivity index (χ1n) is 7.85. The molecular weight excluding hydrogens is 310 g/mol. The summed E-state index contributed by atoms with van der Waals surface area (Å²) in [4.78, 5) is 12.2. The van der Waals surface area contributed by atoms with Crippen molar-refractivity contribution in [3.05, 3.63) is 63.7 Å². The number of benzene rings is 2. The lowest BCUT2D eigenvalue weighted by Gasteiger charge is -2.11. The van der Waals surface area contributed by atoms with Crippen molar-refractivity contribution in [2.24, 2.45) is 0 Å². The highest BCUT2D eigenvalue weighted by Crippen LogP contribution is 2.24. The zero-order valence-electron chi connectivity index (χ0n) is 13.2. The fourth-order valence-electron chi connectivity index (χ4n) is 3.06. The second kappa shape index (κ2) is 7.05. The Morgan fingerprint density at radius 1 is 1.17 bits per heavy atom. The predicted octanol–water partition coefficient (Wildman–Crippen LogP) is 3.70. The number of hydrogen-bond donors (Lipinski definition) is 1. The molecule has 0 spiro atoms. The number of methoxy groups -OCH3 is 1. The fourth-order valence-corrected chi connectivity index (χ4v) is 3.26. The molecular formula is C19H20ClNO2. The van der Waals surface area contributed by atoms with Crippen LogP contribution in [0.1, 0.15) is 28.7 Å². The van der Waals surface area contributed by atoms with Crippen molar-refractivity contribution in [3.63, 3.8) is 0 Å². The normalized spacial score (nSPS) is 12.8. The van der Waals surface area contributed by atoms with Crippen LogP contribution < -0.4 is 10.1 Å². The van der Waals surface area contributed by atoms with Gasteiger partial charge in [0.2, 0.25) is 5.91 Å². The van der Waals surface area contributed by atoms with Gasteiger partial charge >= 0.3 is 0 Å². The average Bonchev–Trinajstić information content (AvgIpc) is 3.00. The largest absolute Gasteiger partial charge is 0.496 e. The van der Waals surface area contributed by atoms with Gasteiger partial charge in [-0.05, 0) is 54.2 Å². The maximum atomic E-state index is 12.2. The molecule has 1 amide bonds. The fraction of sp³-hybridized carbons (Fsp3) is 0.316. The van der Waals surface area contributed by atoms with Crippen LogP contribution in [-0.2, 0) is 30.6 Å². The molecule has 3 rings (SSSR count). The van der Waals surface area contributed by atoms with Crippen molar-refractivity contribution in [1.29, 1.82) is 0 Å². The van der Waals surface area contributed by atoms with Gasteiger partial charge in [0.25, 0.3) is 0 Å². The van der Waals surface area contributed by atoms with Crippen molar-refractivity contribution in [1.82, 2.24) is 5.32 Å². The van der Waals surface area contributed by atoms with Crippen LogP contribution in [0.4, 0.5) is 0 Å². The quantitative estimate of drug-likeness (QED) is 0.908. The van der Waals surface area contributed by atoms with E-state index in [0.717, 1.165) is 29.7 Å². The molecule has 3 nitrogen and oxygen atoms in total. The minimum Gasteiger partial charge on any atom is -0.496 e. The zero-order chi connectivity index (χ0) is 16.2. The summed E-state index contributed by atoms with van der Waals surface area (Å²) in [5.74, 6) is 0.734. The number of carbonyl (C=O) groups is 1. The molecule has 0 atom stereocenters. The van der Waals surface area contributed by atoms with Crippen LogP contribution >= 0.6 is 11.6 Å². The minimum atomic E-state index is 0.00461. The number of nitrogens with one attached hydrogen (secondary N) is 1. The third-order valence-corrected chi connectivity index (χ3v) is 4.48. The van der Waals surface area contributed by atoms with Crippen LogP contribution in [0.15, 0.2) is 36.4 Å². The number of fused-ring (bicyclic) bond motifs is 1. The van der Waals surface area contributed by atoms with Crippen molar-refractivity contribution in [2.75, 3.05) is 7.11 Å². The van der Waals surface area contributed by atoms with Gasteiger partial charge in [0.05, 0.1) is 13.5 Å². The molecule has 0 saturated carbocycles. The first-order valence-corrected chi connectivity index (χ1v) is 8.23. The maximum Gasteiger partial charge on any atom is 0.224 e. The molecule has 2 aromatic rings. The Morgan fingerprint density at radius 3 is 2.83 bits per heavy atom. The molecule has 1 N–H and O–H groups in total. The predicted molar refractivity (Wildman–Crippen MR) is 92.0 cm³/mol. The van der Waals surface area contributed by atoms with E-state index in [1.807, 2.05) is 12.1 Å². The number of amides is 1. The molecule has 0 saturated heterocycles. The smallest absolute Gasteiger partial charge is 0.224 e. The molecule has 0 aliphatic heterocycles. The highest BCUT2D eigenvalue weighted by molar-refractivity contribution is 6.30. The Labute approximate surface area is 141 Å². The molecule has 120 valence electrons. The number of aryl methyl sites for hydroxylation is 2. The monoisotopic (exact) mass is 329 g/mol. The molecule has 0 unspecified atom stereocenters. The van der Waals surface area contributed by atoms with Gasteiger partial charge in [-0.15, -0.1) is 0 Å². The van der Waals surface area contributed by atoms with E-state index in [1.54, 1.807) is 13.2 Å². The van der Waals surface area contributed by atoms with Crippen LogP contribution in [0.2, 0.25) is 5.02 Å². The lowest BCUT2D eigenvalue weighted by atomic mass is 10.0. The standard InChI is InChI=1S/C19H20ClNO2/c1-23-18-8-7-17(20)11-16(18)12-21-19(22)10-13-5-6-14-3-2-4-15(14)9-13/h5-9,11H,2-4,10,12H2,1H3,(H,21,22). The molecule has 4 heteroatoms. The summed E-state index contributed by atoms with van der Waals surface area (Å²) in [6.07, 6.45) is 3.91. The van der Waals surface area contributed by atoms with Crippen LogP contribution in [0.3, 0.4) is 0 Å². The summed E-state index contributed by atoms with van der Waals surface area (Å²) in [5.41, 5.74) is 4.77. The average molecular weight is 330 g/mol. The van der Waals surface area contributed by atoms with Gasteiger partial charge in [0.15, 0.2) is 0 Å². The third kappa shape index (κ3) is 3.85. The summed E-state index contributed by atoms with van der Waals surface area (Å²) >= 11 is 6.00. The summed E-state index contributed by atoms with van der Waals surface area (Å²) < 4.78 is 5.29. The van der Waals surface area contributed by atoms with E-state index in [-0.39, 0.29) is 5.91 Å². The summed E-state index contributed by atoms with van der Waals surface area (Å²) in [6, 6.07) is 11.8. The summed E-state index contributed by atoms with van der Waals surface area (Å²) in [6.45, 7) is 0.410. The van der Waals surface area contributed by atoms with Crippen LogP contribution in [0.25, 0.3) is 0 Å². The first-order chi connectivity index (χ1) is 11.2. The van der Waals surface area contributed by atoms with E-state index in [4.69, 9.17) is 16.3 Å². The molecule has 0 bridgehead atoms. The number of halogens is 1. The Morgan fingerprint density at radius 2 is 2.00 bits per heavy atom. The summed E-state index contributed by atoms with van der Waals surface area (Å²) in [5, 5.41) is 3.57. The zero-order valence-corrected chi connectivity index (χ0v) is 14.0. The van der Waals surface area contributed by atoms with Crippen molar-refractivity contribution >= 4 is 17.5 Å². The van der Waals surface area contributed by atoms with Crippen molar-refractivity contribution < 1.29 is 9.53 Å². The first kappa shape index (κ1) is 15.9. The molecule has 1 aliphatic carbocycles. The van der Waals surface area contributed by atoms with Gasteiger partial charge in [-0.3, -0.25) is 4.79 Å². The molecule has 0 aromatic heterocycles. The van der Waals surface area contributed by atoms with E-state index < -0.39 is 0 Å². The van der Waals surface area contributed by atoms with E-state index in [2.05, 4.69) is 23.5 Å². The molecule has 2 aromatic carbocycles. The van der Waals surface area contributed by atoms with Crippen LogP contribution in [0.5, 0.6) is 5.75 Å². The van der Waals surface area contributed by atoms with Crippen LogP contribution in [0, 0.1) is 0 Å². The summed E-state index contributed by atoms with van der Waals surface area (Å²) in [7, 11) is 1.61. The Kier molecular flexibility index (Phi) is 4.87. The minimum absolute atomic E-state index is 0.00461. The lowest BCUT2D eigenvalue weighted by Crippen LogP contribution is -2.24. The van der Waals surface area contributed by atoms with E-state index >= 15 is 0 Å². The molecule has 0 heterocycles. The van der Waals surface area contributed by atoms with Crippen molar-refractivity contribution in [2.45, 2.75) is 32.2 Å². The molecule has 23 heavy (non-hydrogen) atoms. The van der Waals surface area contributed by atoms with E-state index in [1.165, 1.54) is 17.5 Å². The van der Waals surface area contributed by atoms with E-state index in [0.29, 0.717) is 18.0 Å². The molecule has 0 fully saturated rings. The van der Waals surface area contributed by atoms with Gasteiger partial charge in [0.1, 0.15) is 5.75 Å². The highest BCUT2D eigenvalue weighted by Gasteiger charge is 2.12. The van der Waals surface area contributed by atoms with Gasteiger partial charge in [0, 0.05) is 17.1 Å². The molecule has 0 radical (unpaired) electrons. The Hall–Kier alpha value is -2.00. The number of carbonyl (C=O) groups excluding carboxylic acids is 1. The van der Waals surface area contributed by atoms with Crippen molar-refractivity contribution in [3.8, 4) is 5.75 Å². The Balaban J connectivity index is 1.61. The Bertz CT molecular complexity index is 727. The number of ether oxygens (including phenoxy) is 1.